The molecule has 0 spiro atoms. The number of benzene rings is 2. The number of methoxy groups -OCH3 is 2. The number of halogens is 1. The van der Waals surface area contributed by atoms with E-state index in [1.165, 1.54) is 12.1 Å². The molecular formula is C21H22FN3O3. The highest BCUT2D eigenvalue weighted by atomic mass is 19.1. The maximum Gasteiger partial charge on any atom is 0.241 e. The zero-order valence-electron chi connectivity index (χ0n) is 15.9. The molecule has 1 atom stereocenters. The first-order valence-electron chi connectivity index (χ1n) is 9.22. The van der Waals surface area contributed by atoms with Crippen LogP contribution in [0, 0.1) is 5.82 Å². The largest absolute Gasteiger partial charge is 0.497 e. The van der Waals surface area contributed by atoms with Crippen LogP contribution in [0.4, 0.5) is 4.39 Å². The summed E-state index contributed by atoms with van der Waals surface area (Å²) in [4.78, 5) is 6.79. The predicted molar refractivity (Wildman–Crippen MR) is 102 cm³/mol. The van der Waals surface area contributed by atoms with Crippen molar-refractivity contribution in [3.8, 4) is 22.9 Å². The Morgan fingerprint density at radius 2 is 1.96 bits per heavy atom. The number of hydrogen-bond acceptors (Lipinski definition) is 6. The second-order valence-corrected chi connectivity index (χ2v) is 6.75. The Labute approximate surface area is 162 Å². The highest BCUT2D eigenvalue weighted by Crippen LogP contribution is 2.39. The van der Waals surface area contributed by atoms with Gasteiger partial charge in [-0.3, -0.25) is 4.90 Å². The first-order chi connectivity index (χ1) is 13.7. The molecule has 7 heteroatoms. The van der Waals surface area contributed by atoms with Crippen LogP contribution in [0.3, 0.4) is 0 Å². The van der Waals surface area contributed by atoms with Gasteiger partial charge in [0.15, 0.2) is 0 Å². The SMILES string of the molecule is COc1ccc(OC)c(C2CCCN2Cc2nc(-c3ccc(F)cc3)no2)c1. The normalized spacial score (nSPS) is 17.0. The average molecular weight is 383 g/mol. The van der Waals surface area contributed by atoms with Crippen molar-refractivity contribution in [2.75, 3.05) is 20.8 Å². The number of likely N-dealkylation sites (tertiary alicyclic amines) is 1. The highest BCUT2D eigenvalue weighted by Gasteiger charge is 2.30. The maximum atomic E-state index is 13.1. The third-order valence-corrected chi connectivity index (χ3v) is 5.07. The van der Waals surface area contributed by atoms with Gasteiger partial charge >= 0.3 is 0 Å². The zero-order chi connectivity index (χ0) is 19.5. The van der Waals surface area contributed by atoms with Crippen LogP contribution >= 0.6 is 0 Å². The van der Waals surface area contributed by atoms with Crippen LogP contribution in [0.2, 0.25) is 0 Å². The maximum absolute atomic E-state index is 13.1. The third kappa shape index (κ3) is 3.71. The highest BCUT2D eigenvalue weighted by molar-refractivity contribution is 5.53. The molecule has 28 heavy (non-hydrogen) atoms. The fourth-order valence-corrected chi connectivity index (χ4v) is 3.68. The molecule has 2 aromatic carbocycles. The summed E-state index contributed by atoms with van der Waals surface area (Å²) in [6.07, 6.45) is 2.09. The molecule has 1 fully saturated rings. The summed E-state index contributed by atoms with van der Waals surface area (Å²) >= 11 is 0. The van der Waals surface area contributed by atoms with E-state index in [-0.39, 0.29) is 11.9 Å². The molecule has 0 aliphatic carbocycles. The Morgan fingerprint density at radius 3 is 2.71 bits per heavy atom. The monoisotopic (exact) mass is 383 g/mol. The smallest absolute Gasteiger partial charge is 0.241 e. The number of aromatic nitrogens is 2. The van der Waals surface area contributed by atoms with Crippen molar-refractivity contribution in [3.05, 3.63) is 59.7 Å². The molecule has 0 radical (unpaired) electrons. The van der Waals surface area contributed by atoms with Crippen LogP contribution in [0.1, 0.15) is 30.3 Å². The lowest BCUT2D eigenvalue weighted by atomic mass is 10.0. The molecule has 6 nitrogen and oxygen atoms in total. The van der Waals surface area contributed by atoms with Crippen molar-refractivity contribution >= 4 is 0 Å². The van der Waals surface area contributed by atoms with Gasteiger partial charge in [-0.15, -0.1) is 0 Å². The van der Waals surface area contributed by atoms with Crippen LogP contribution in [-0.2, 0) is 6.54 Å². The van der Waals surface area contributed by atoms with Gasteiger partial charge in [-0.05, 0) is 61.9 Å². The van der Waals surface area contributed by atoms with E-state index in [0.717, 1.165) is 42.0 Å². The standard InChI is InChI=1S/C21H22FN3O3/c1-26-16-9-10-19(27-2)17(12-16)18-4-3-11-25(18)13-20-23-21(24-28-20)14-5-7-15(22)8-6-14/h5-10,12,18H,3-4,11,13H2,1-2H3. The van der Waals surface area contributed by atoms with E-state index < -0.39 is 0 Å². The summed E-state index contributed by atoms with van der Waals surface area (Å²) in [7, 11) is 3.34. The van der Waals surface area contributed by atoms with Gasteiger partial charge < -0.3 is 14.0 Å². The van der Waals surface area contributed by atoms with Crippen molar-refractivity contribution < 1.29 is 18.4 Å². The van der Waals surface area contributed by atoms with Gasteiger partial charge in [0.1, 0.15) is 17.3 Å². The number of rotatable bonds is 6. The zero-order valence-corrected chi connectivity index (χ0v) is 15.9. The minimum atomic E-state index is -0.292. The van der Waals surface area contributed by atoms with Crippen LogP contribution in [0.15, 0.2) is 47.0 Å². The fraction of sp³-hybridized carbons (Fsp3) is 0.333. The molecule has 146 valence electrons. The van der Waals surface area contributed by atoms with Gasteiger partial charge in [0, 0.05) is 17.2 Å². The molecule has 0 bridgehead atoms. The lowest BCUT2D eigenvalue weighted by Crippen LogP contribution is -2.23. The van der Waals surface area contributed by atoms with Gasteiger partial charge in [-0.1, -0.05) is 5.16 Å². The second-order valence-electron chi connectivity index (χ2n) is 6.75. The molecular weight excluding hydrogens is 361 g/mol. The Hall–Kier alpha value is -2.93. The van der Waals surface area contributed by atoms with E-state index in [1.54, 1.807) is 26.4 Å². The quantitative estimate of drug-likeness (QED) is 0.635. The average Bonchev–Trinajstić information content (AvgIpc) is 3.38. The Kier molecular flexibility index (Phi) is 5.25. The summed E-state index contributed by atoms with van der Waals surface area (Å²) in [5.74, 6) is 2.35. The van der Waals surface area contributed by atoms with E-state index in [2.05, 4.69) is 15.0 Å². The van der Waals surface area contributed by atoms with Crippen molar-refractivity contribution in [2.24, 2.45) is 0 Å². The minimum absolute atomic E-state index is 0.186. The molecule has 0 saturated carbocycles. The molecule has 1 unspecified atom stereocenters. The van der Waals surface area contributed by atoms with Crippen LogP contribution < -0.4 is 9.47 Å². The molecule has 1 aliphatic rings. The second kappa shape index (κ2) is 7.98. The lowest BCUT2D eigenvalue weighted by Gasteiger charge is -2.25. The summed E-state index contributed by atoms with van der Waals surface area (Å²) in [5.41, 5.74) is 1.82. The van der Waals surface area contributed by atoms with Crippen molar-refractivity contribution in [2.45, 2.75) is 25.4 Å². The third-order valence-electron chi connectivity index (χ3n) is 5.07. The molecule has 3 aromatic rings. The molecule has 1 saturated heterocycles. The summed E-state index contributed by atoms with van der Waals surface area (Å²) in [6.45, 7) is 1.47. The Bertz CT molecular complexity index is 942. The van der Waals surface area contributed by atoms with Gasteiger partial charge in [0.25, 0.3) is 0 Å². The van der Waals surface area contributed by atoms with Gasteiger partial charge in [0.05, 0.1) is 20.8 Å². The molecule has 0 N–H and O–H groups in total. The van der Waals surface area contributed by atoms with Crippen molar-refractivity contribution in [1.82, 2.24) is 15.0 Å². The van der Waals surface area contributed by atoms with Crippen molar-refractivity contribution in [3.63, 3.8) is 0 Å². The lowest BCUT2D eigenvalue weighted by molar-refractivity contribution is 0.209. The number of hydrogen-bond donors (Lipinski definition) is 0. The first-order valence-corrected chi connectivity index (χ1v) is 9.22. The Balaban J connectivity index is 1.54. The Morgan fingerprint density at radius 1 is 1.14 bits per heavy atom. The van der Waals surface area contributed by atoms with Crippen LogP contribution in [0.5, 0.6) is 11.5 Å². The topological polar surface area (TPSA) is 60.6 Å². The number of nitrogens with zero attached hydrogens (tertiary/aromatic N) is 3. The van der Waals surface area contributed by atoms with E-state index >= 15 is 0 Å². The van der Waals surface area contributed by atoms with Gasteiger partial charge in [0.2, 0.25) is 11.7 Å². The van der Waals surface area contributed by atoms with Crippen LogP contribution in [0.25, 0.3) is 11.4 Å². The molecule has 1 aromatic heterocycles. The van der Waals surface area contributed by atoms with E-state index in [4.69, 9.17) is 14.0 Å². The van der Waals surface area contributed by atoms with Crippen molar-refractivity contribution in [1.29, 1.82) is 0 Å². The molecule has 2 heterocycles. The molecule has 1 aliphatic heterocycles. The first kappa shape index (κ1) is 18.4. The van der Waals surface area contributed by atoms with Crippen LogP contribution in [-0.4, -0.2) is 35.8 Å². The summed E-state index contributed by atoms with van der Waals surface area (Å²) in [6, 6.07) is 12.1. The summed E-state index contributed by atoms with van der Waals surface area (Å²) < 4.78 is 29.5. The summed E-state index contributed by atoms with van der Waals surface area (Å²) in [5, 5.41) is 4.04. The minimum Gasteiger partial charge on any atom is -0.497 e. The fourth-order valence-electron chi connectivity index (χ4n) is 3.68. The molecule has 4 rings (SSSR count). The molecule has 0 amide bonds. The number of ether oxygens (including phenoxy) is 2. The van der Waals surface area contributed by atoms with E-state index in [1.807, 2.05) is 18.2 Å². The van der Waals surface area contributed by atoms with E-state index in [0.29, 0.717) is 18.3 Å². The van der Waals surface area contributed by atoms with Gasteiger partial charge in [-0.2, -0.15) is 4.98 Å². The van der Waals surface area contributed by atoms with Gasteiger partial charge in [-0.25, -0.2) is 4.39 Å². The van der Waals surface area contributed by atoms with E-state index in [9.17, 15) is 4.39 Å². The predicted octanol–water partition coefficient (Wildman–Crippen LogP) is 4.23.